The number of phenolic OH excluding ortho intramolecular Hbond substituents is 1. The molecule has 1 aromatic carbocycles. The van der Waals surface area contributed by atoms with E-state index in [0.717, 1.165) is 24.9 Å². The lowest BCUT2D eigenvalue weighted by atomic mass is 9.97. The summed E-state index contributed by atoms with van der Waals surface area (Å²) >= 11 is 0. The number of hydrogen-bond donors (Lipinski definition) is 2. The van der Waals surface area contributed by atoms with Crippen molar-refractivity contribution in [1.29, 1.82) is 0 Å². The number of carbonyl (C=O) groups is 1. The van der Waals surface area contributed by atoms with Crippen molar-refractivity contribution < 1.29 is 14.6 Å². The van der Waals surface area contributed by atoms with Gasteiger partial charge in [0.05, 0.1) is 0 Å². The predicted octanol–water partition coefficient (Wildman–Crippen LogP) is 3.27. The molecule has 1 aliphatic rings. The normalized spacial score (nSPS) is 22.0. The molecule has 5 nitrogen and oxygen atoms in total. The number of benzene rings is 1. The predicted molar refractivity (Wildman–Crippen MR) is 90.4 cm³/mol. The fourth-order valence-electron chi connectivity index (χ4n) is 2.90. The third kappa shape index (κ3) is 4.86. The van der Waals surface area contributed by atoms with E-state index in [1.165, 1.54) is 0 Å². The molecule has 2 unspecified atom stereocenters. The van der Waals surface area contributed by atoms with E-state index in [1.807, 2.05) is 45.9 Å². The molecule has 1 aliphatic heterocycles. The SMILES string of the molecule is CC1C(NCc2ccccc2O)CCCN1C(=O)OC(C)(C)C. The highest BCUT2D eigenvalue weighted by molar-refractivity contribution is 5.68. The molecule has 0 spiro atoms. The van der Waals surface area contributed by atoms with Crippen LogP contribution >= 0.6 is 0 Å². The number of nitrogens with one attached hydrogen (secondary N) is 1. The van der Waals surface area contributed by atoms with Gasteiger partial charge in [-0.2, -0.15) is 0 Å². The zero-order valence-corrected chi connectivity index (χ0v) is 14.5. The Morgan fingerprint density at radius 2 is 2.09 bits per heavy atom. The van der Waals surface area contributed by atoms with Gasteiger partial charge < -0.3 is 20.1 Å². The smallest absolute Gasteiger partial charge is 0.410 e. The first-order valence-electron chi connectivity index (χ1n) is 8.28. The Morgan fingerprint density at radius 1 is 1.39 bits per heavy atom. The third-order valence-electron chi connectivity index (χ3n) is 4.16. The molecule has 23 heavy (non-hydrogen) atoms. The summed E-state index contributed by atoms with van der Waals surface area (Å²) in [6.45, 7) is 9.01. The first kappa shape index (κ1) is 17.6. The number of ether oxygens (including phenoxy) is 1. The summed E-state index contributed by atoms with van der Waals surface area (Å²) in [5, 5.41) is 13.3. The molecule has 0 bridgehead atoms. The molecule has 1 saturated heterocycles. The Labute approximate surface area is 138 Å². The van der Waals surface area contributed by atoms with E-state index in [9.17, 15) is 9.90 Å². The summed E-state index contributed by atoms with van der Waals surface area (Å²) in [6, 6.07) is 7.57. The largest absolute Gasteiger partial charge is 0.508 e. The van der Waals surface area contributed by atoms with Crippen molar-refractivity contribution in [3.8, 4) is 5.75 Å². The second-order valence-electron chi connectivity index (χ2n) is 7.17. The lowest BCUT2D eigenvalue weighted by Gasteiger charge is -2.40. The number of rotatable bonds is 3. The average Bonchev–Trinajstić information content (AvgIpc) is 2.46. The van der Waals surface area contributed by atoms with Crippen molar-refractivity contribution >= 4 is 6.09 Å². The van der Waals surface area contributed by atoms with Gasteiger partial charge in [-0.1, -0.05) is 18.2 Å². The number of carbonyl (C=O) groups excluding carboxylic acids is 1. The van der Waals surface area contributed by atoms with Gasteiger partial charge in [0.2, 0.25) is 0 Å². The van der Waals surface area contributed by atoms with Crippen molar-refractivity contribution in [2.45, 2.75) is 64.8 Å². The van der Waals surface area contributed by atoms with Gasteiger partial charge in [-0.05, 0) is 46.6 Å². The van der Waals surface area contributed by atoms with Gasteiger partial charge in [0, 0.05) is 30.7 Å². The molecule has 128 valence electrons. The highest BCUT2D eigenvalue weighted by atomic mass is 16.6. The first-order valence-corrected chi connectivity index (χ1v) is 8.28. The molecule has 2 atom stereocenters. The highest BCUT2D eigenvalue weighted by Gasteiger charge is 2.33. The fraction of sp³-hybridized carbons (Fsp3) is 0.611. The van der Waals surface area contributed by atoms with Gasteiger partial charge in [0.15, 0.2) is 0 Å². The van der Waals surface area contributed by atoms with E-state index in [4.69, 9.17) is 4.74 Å². The van der Waals surface area contributed by atoms with Crippen LogP contribution in [0.4, 0.5) is 4.79 Å². The Hall–Kier alpha value is -1.75. The summed E-state index contributed by atoms with van der Waals surface area (Å²) in [7, 11) is 0. The lowest BCUT2D eigenvalue weighted by molar-refractivity contribution is 0.00697. The Morgan fingerprint density at radius 3 is 2.74 bits per heavy atom. The molecule has 2 rings (SSSR count). The molecule has 0 radical (unpaired) electrons. The zero-order chi connectivity index (χ0) is 17.0. The maximum Gasteiger partial charge on any atom is 0.410 e. The third-order valence-corrected chi connectivity index (χ3v) is 4.16. The molecule has 2 N–H and O–H groups in total. The molecule has 1 aromatic rings. The van der Waals surface area contributed by atoms with E-state index >= 15 is 0 Å². The standard InChI is InChI=1S/C18H28N2O3/c1-13-15(19-12-14-8-5-6-10-16(14)21)9-7-11-20(13)17(22)23-18(2,3)4/h5-6,8,10,13,15,19,21H,7,9,11-12H2,1-4H3. The Bertz CT molecular complexity index is 539. The molecule has 5 heteroatoms. The minimum Gasteiger partial charge on any atom is -0.508 e. The molecule has 0 aromatic heterocycles. The number of piperidine rings is 1. The van der Waals surface area contributed by atoms with E-state index in [2.05, 4.69) is 5.32 Å². The van der Waals surface area contributed by atoms with Crippen LogP contribution in [0.25, 0.3) is 0 Å². The average molecular weight is 320 g/mol. The number of amides is 1. The van der Waals surface area contributed by atoms with Gasteiger partial charge in [-0.3, -0.25) is 0 Å². The van der Waals surface area contributed by atoms with Crippen molar-refractivity contribution in [3.63, 3.8) is 0 Å². The summed E-state index contributed by atoms with van der Waals surface area (Å²) in [5.74, 6) is 0.299. The fourth-order valence-corrected chi connectivity index (χ4v) is 2.90. The Balaban J connectivity index is 1.95. The van der Waals surface area contributed by atoms with Crippen molar-refractivity contribution in [3.05, 3.63) is 29.8 Å². The van der Waals surface area contributed by atoms with Gasteiger partial charge in [-0.15, -0.1) is 0 Å². The molecule has 0 aliphatic carbocycles. The van der Waals surface area contributed by atoms with Crippen LogP contribution in [0.3, 0.4) is 0 Å². The molecular weight excluding hydrogens is 292 g/mol. The van der Waals surface area contributed by atoms with Crippen LogP contribution in [-0.2, 0) is 11.3 Å². The highest BCUT2D eigenvalue weighted by Crippen LogP contribution is 2.22. The van der Waals surface area contributed by atoms with Gasteiger partial charge in [0.25, 0.3) is 0 Å². The summed E-state index contributed by atoms with van der Waals surface area (Å²) in [6.07, 6.45) is 1.70. The van der Waals surface area contributed by atoms with Crippen LogP contribution in [0.2, 0.25) is 0 Å². The number of aromatic hydroxyl groups is 1. The van der Waals surface area contributed by atoms with E-state index in [1.54, 1.807) is 11.0 Å². The zero-order valence-electron chi connectivity index (χ0n) is 14.5. The molecule has 1 heterocycles. The van der Waals surface area contributed by atoms with Gasteiger partial charge in [0.1, 0.15) is 11.4 Å². The number of likely N-dealkylation sites (tertiary alicyclic amines) is 1. The van der Waals surface area contributed by atoms with E-state index in [-0.39, 0.29) is 18.2 Å². The quantitative estimate of drug-likeness (QED) is 0.897. The summed E-state index contributed by atoms with van der Waals surface area (Å²) < 4.78 is 5.50. The second kappa shape index (κ2) is 7.21. The first-order chi connectivity index (χ1) is 10.8. The summed E-state index contributed by atoms with van der Waals surface area (Å²) in [4.78, 5) is 14.1. The number of phenols is 1. The summed E-state index contributed by atoms with van der Waals surface area (Å²) in [5.41, 5.74) is 0.390. The molecule has 1 fully saturated rings. The van der Waals surface area contributed by atoms with Crippen LogP contribution in [0.1, 0.15) is 46.1 Å². The maximum atomic E-state index is 12.3. The molecular formula is C18H28N2O3. The Kier molecular flexibility index (Phi) is 5.52. The second-order valence-corrected chi connectivity index (χ2v) is 7.17. The minimum atomic E-state index is -0.479. The van der Waals surface area contributed by atoms with Crippen LogP contribution in [0.5, 0.6) is 5.75 Å². The number of nitrogens with zero attached hydrogens (tertiary/aromatic N) is 1. The van der Waals surface area contributed by atoms with Crippen molar-refractivity contribution in [1.82, 2.24) is 10.2 Å². The van der Waals surface area contributed by atoms with E-state index in [0.29, 0.717) is 12.3 Å². The topological polar surface area (TPSA) is 61.8 Å². The number of hydrogen-bond acceptors (Lipinski definition) is 4. The van der Waals surface area contributed by atoms with Gasteiger partial charge >= 0.3 is 6.09 Å². The van der Waals surface area contributed by atoms with Gasteiger partial charge in [-0.25, -0.2) is 4.79 Å². The van der Waals surface area contributed by atoms with Crippen LogP contribution in [0, 0.1) is 0 Å². The van der Waals surface area contributed by atoms with Crippen LogP contribution < -0.4 is 5.32 Å². The van der Waals surface area contributed by atoms with E-state index < -0.39 is 5.60 Å². The van der Waals surface area contributed by atoms with Crippen molar-refractivity contribution in [2.24, 2.45) is 0 Å². The number of para-hydroxylation sites is 1. The maximum absolute atomic E-state index is 12.3. The lowest BCUT2D eigenvalue weighted by Crippen LogP contribution is -2.55. The van der Waals surface area contributed by atoms with Crippen molar-refractivity contribution in [2.75, 3.05) is 6.54 Å². The molecule has 0 saturated carbocycles. The van der Waals surface area contributed by atoms with Crippen LogP contribution in [0.15, 0.2) is 24.3 Å². The monoisotopic (exact) mass is 320 g/mol. The molecule has 1 amide bonds. The minimum absolute atomic E-state index is 0.0597. The van der Waals surface area contributed by atoms with Crippen LogP contribution in [-0.4, -0.2) is 40.3 Å².